The van der Waals surface area contributed by atoms with Crippen molar-refractivity contribution < 1.29 is 4.39 Å². The third kappa shape index (κ3) is 3.51. The van der Waals surface area contributed by atoms with Gasteiger partial charge in [-0.05, 0) is 30.7 Å². The second kappa shape index (κ2) is 7.76. The van der Waals surface area contributed by atoms with Crippen molar-refractivity contribution in [1.29, 1.82) is 0 Å². The molecule has 0 spiro atoms. The molecule has 0 aliphatic carbocycles. The van der Waals surface area contributed by atoms with Crippen molar-refractivity contribution in [2.45, 2.75) is 25.4 Å². The van der Waals surface area contributed by atoms with Crippen LogP contribution in [-0.2, 0) is 0 Å². The topological polar surface area (TPSA) is 32.3 Å². The fourth-order valence-electron chi connectivity index (χ4n) is 4.57. The first-order chi connectivity index (χ1) is 13.8. The molecule has 6 heteroatoms. The largest absolute Gasteiger partial charge is 0.356 e. The Kier molecular flexibility index (Phi) is 4.99. The van der Waals surface area contributed by atoms with Gasteiger partial charge in [-0.15, -0.1) is 11.3 Å². The average Bonchev–Trinajstić information content (AvgIpc) is 3.35. The van der Waals surface area contributed by atoms with Gasteiger partial charge in [-0.25, -0.2) is 14.4 Å². The molecule has 1 aromatic carbocycles. The molecule has 146 valence electrons. The van der Waals surface area contributed by atoms with Crippen molar-refractivity contribution >= 4 is 27.4 Å². The normalized spacial score (nSPS) is 21.6. The number of piperidine rings is 1. The van der Waals surface area contributed by atoms with Crippen LogP contribution in [0.1, 0.15) is 19.3 Å². The molecule has 2 aliphatic heterocycles. The van der Waals surface area contributed by atoms with Gasteiger partial charge in [0.15, 0.2) is 0 Å². The molecule has 2 aromatic heterocycles. The lowest BCUT2D eigenvalue weighted by Crippen LogP contribution is -2.38. The second-order valence-corrected chi connectivity index (χ2v) is 8.83. The first kappa shape index (κ1) is 18.0. The van der Waals surface area contributed by atoms with Crippen molar-refractivity contribution in [2.24, 2.45) is 5.92 Å². The fourth-order valence-corrected chi connectivity index (χ4v) is 5.48. The molecule has 2 fully saturated rings. The highest BCUT2D eigenvalue weighted by Crippen LogP contribution is 2.38. The van der Waals surface area contributed by atoms with Gasteiger partial charge in [0, 0.05) is 43.7 Å². The van der Waals surface area contributed by atoms with Crippen molar-refractivity contribution in [3.8, 4) is 11.1 Å². The van der Waals surface area contributed by atoms with Gasteiger partial charge in [0.25, 0.3) is 0 Å². The van der Waals surface area contributed by atoms with E-state index in [9.17, 15) is 4.39 Å². The highest BCUT2D eigenvalue weighted by atomic mass is 32.1. The summed E-state index contributed by atoms with van der Waals surface area (Å²) in [7, 11) is 0. The first-order valence-corrected chi connectivity index (χ1v) is 11.0. The quantitative estimate of drug-likeness (QED) is 0.644. The van der Waals surface area contributed by atoms with E-state index < -0.39 is 6.17 Å². The van der Waals surface area contributed by atoms with E-state index in [0.29, 0.717) is 18.9 Å². The zero-order valence-corrected chi connectivity index (χ0v) is 16.7. The number of hydrogen-bond donors (Lipinski definition) is 0. The number of benzene rings is 1. The number of thiophene rings is 1. The third-order valence-electron chi connectivity index (χ3n) is 6.08. The molecule has 1 atom stereocenters. The maximum Gasteiger partial charge on any atom is 0.141 e. The van der Waals surface area contributed by atoms with E-state index in [-0.39, 0.29) is 0 Å². The van der Waals surface area contributed by atoms with Gasteiger partial charge in [0.05, 0.1) is 5.39 Å². The summed E-state index contributed by atoms with van der Waals surface area (Å²) in [4.78, 5) is 15.0. The molecule has 3 aromatic rings. The minimum Gasteiger partial charge on any atom is -0.356 e. The summed E-state index contributed by atoms with van der Waals surface area (Å²) in [6.07, 6.45) is 4.07. The van der Waals surface area contributed by atoms with E-state index in [2.05, 4.69) is 49.4 Å². The molecule has 0 bridgehead atoms. The van der Waals surface area contributed by atoms with Crippen LogP contribution in [0.25, 0.3) is 21.3 Å². The molecule has 0 radical (unpaired) electrons. The second-order valence-electron chi connectivity index (χ2n) is 7.97. The minimum atomic E-state index is -0.621. The number of alkyl halides is 1. The summed E-state index contributed by atoms with van der Waals surface area (Å²) in [5.74, 6) is 1.73. The number of likely N-dealkylation sites (tertiary alicyclic amines) is 1. The van der Waals surface area contributed by atoms with Gasteiger partial charge in [-0.1, -0.05) is 30.3 Å². The molecule has 0 saturated carbocycles. The average molecular weight is 397 g/mol. The highest BCUT2D eigenvalue weighted by molar-refractivity contribution is 7.17. The Morgan fingerprint density at radius 3 is 2.61 bits per heavy atom. The zero-order chi connectivity index (χ0) is 18.9. The molecule has 0 unspecified atom stereocenters. The Morgan fingerprint density at radius 2 is 1.86 bits per heavy atom. The van der Waals surface area contributed by atoms with Crippen molar-refractivity contribution in [3.63, 3.8) is 0 Å². The molecule has 0 N–H and O–H groups in total. The molecular formula is C22H25FN4S. The SMILES string of the molecule is F[C@H]1CCN(CC2CCN(c3ncnc4scc(-c5ccccc5)c34)CC2)C1. The van der Waals surface area contributed by atoms with Crippen LogP contribution in [0.3, 0.4) is 0 Å². The van der Waals surface area contributed by atoms with Crippen LogP contribution in [0.5, 0.6) is 0 Å². The van der Waals surface area contributed by atoms with E-state index >= 15 is 0 Å². The standard InChI is InChI=1S/C22H25FN4S/c23-18-8-9-26(13-18)12-16-6-10-27(11-7-16)21-20-19(17-4-2-1-3-5-17)14-28-22(20)25-15-24-21/h1-5,14-16,18H,6-13H2/t18-/m0/s1. The Labute approximate surface area is 169 Å². The maximum absolute atomic E-state index is 13.4. The van der Waals surface area contributed by atoms with Gasteiger partial charge in [-0.2, -0.15) is 0 Å². The fraction of sp³-hybridized carbons (Fsp3) is 0.455. The number of nitrogens with zero attached hydrogens (tertiary/aromatic N) is 4. The Balaban J connectivity index is 1.35. The first-order valence-electron chi connectivity index (χ1n) is 10.2. The van der Waals surface area contributed by atoms with Crippen LogP contribution >= 0.6 is 11.3 Å². The number of halogens is 1. The molecular weight excluding hydrogens is 371 g/mol. The van der Waals surface area contributed by atoms with Crippen molar-refractivity contribution in [1.82, 2.24) is 14.9 Å². The molecule has 0 amide bonds. The van der Waals surface area contributed by atoms with Crippen LogP contribution in [0, 0.1) is 5.92 Å². The van der Waals surface area contributed by atoms with Crippen LogP contribution in [0.4, 0.5) is 10.2 Å². The summed E-state index contributed by atoms with van der Waals surface area (Å²) >= 11 is 1.69. The summed E-state index contributed by atoms with van der Waals surface area (Å²) < 4.78 is 13.4. The number of fused-ring (bicyclic) bond motifs is 1. The summed E-state index contributed by atoms with van der Waals surface area (Å²) in [6.45, 7) is 4.61. The number of hydrogen-bond acceptors (Lipinski definition) is 5. The van der Waals surface area contributed by atoms with E-state index in [1.165, 1.54) is 16.5 Å². The van der Waals surface area contributed by atoms with Crippen molar-refractivity contribution in [3.05, 3.63) is 42.0 Å². The lowest BCUT2D eigenvalue weighted by atomic mass is 9.96. The highest BCUT2D eigenvalue weighted by Gasteiger charge is 2.28. The van der Waals surface area contributed by atoms with Gasteiger partial charge >= 0.3 is 0 Å². The van der Waals surface area contributed by atoms with Crippen LogP contribution in [-0.4, -0.2) is 53.8 Å². The summed E-state index contributed by atoms with van der Waals surface area (Å²) in [5, 5.41) is 3.38. The monoisotopic (exact) mass is 396 g/mol. The van der Waals surface area contributed by atoms with Gasteiger partial charge in [0.1, 0.15) is 23.1 Å². The Morgan fingerprint density at radius 1 is 1.04 bits per heavy atom. The summed E-state index contributed by atoms with van der Waals surface area (Å²) in [5.41, 5.74) is 2.44. The van der Waals surface area contributed by atoms with E-state index in [1.807, 2.05) is 6.07 Å². The Bertz CT molecular complexity index is 936. The maximum atomic E-state index is 13.4. The van der Waals surface area contributed by atoms with E-state index in [4.69, 9.17) is 0 Å². The molecule has 2 aliphatic rings. The van der Waals surface area contributed by atoms with Gasteiger partial charge in [0.2, 0.25) is 0 Å². The van der Waals surface area contributed by atoms with Crippen LogP contribution < -0.4 is 4.90 Å². The minimum absolute atomic E-state index is 0.621. The molecule has 5 rings (SSSR count). The molecule has 4 nitrogen and oxygen atoms in total. The molecule has 2 saturated heterocycles. The number of anilines is 1. The predicted octanol–water partition coefficient (Wildman–Crippen LogP) is 4.62. The van der Waals surface area contributed by atoms with Gasteiger partial charge < -0.3 is 9.80 Å². The van der Waals surface area contributed by atoms with Crippen molar-refractivity contribution in [2.75, 3.05) is 37.6 Å². The Hall–Kier alpha value is -2.05. The third-order valence-corrected chi connectivity index (χ3v) is 6.97. The lowest BCUT2D eigenvalue weighted by Gasteiger charge is -2.34. The lowest BCUT2D eigenvalue weighted by molar-refractivity contribution is 0.230. The molecule has 4 heterocycles. The zero-order valence-electron chi connectivity index (χ0n) is 15.9. The predicted molar refractivity (Wildman–Crippen MR) is 114 cm³/mol. The molecule has 28 heavy (non-hydrogen) atoms. The number of rotatable bonds is 4. The summed E-state index contributed by atoms with van der Waals surface area (Å²) in [6, 6.07) is 10.5. The van der Waals surface area contributed by atoms with Crippen LogP contribution in [0.15, 0.2) is 42.0 Å². The van der Waals surface area contributed by atoms with E-state index in [0.717, 1.165) is 49.7 Å². The smallest absolute Gasteiger partial charge is 0.141 e. The van der Waals surface area contributed by atoms with Crippen LogP contribution in [0.2, 0.25) is 0 Å². The number of aromatic nitrogens is 2. The van der Waals surface area contributed by atoms with Gasteiger partial charge in [-0.3, -0.25) is 0 Å². The van der Waals surface area contributed by atoms with E-state index in [1.54, 1.807) is 17.7 Å².